The van der Waals surface area contributed by atoms with E-state index in [4.69, 9.17) is 14.2 Å². The molecule has 31 heavy (non-hydrogen) atoms. The first kappa shape index (κ1) is 20.5. The number of hydrogen-bond donors (Lipinski definition) is 0. The number of hydrogen-bond acceptors (Lipinski definition) is 6. The van der Waals surface area contributed by atoms with Crippen LogP contribution >= 0.6 is 0 Å². The Morgan fingerprint density at radius 3 is 2.55 bits per heavy atom. The second-order valence-electron chi connectivity index (χ2n) is 7.12. The molecule has 0 unspecified atom stereocenters. The highest BCUT2D eigenvalue weighted by Crippen LogP contribution is 2.30. The molecule has 3 aromatic rings. The van der Waals surface area contributed by atoms with Crippen molar-refractivity contribution in [3.63, 3.8) is 0 Å². The summed E-state index contributed by atoms with van der Waals surface area (Å²) in [4.78, 5) is 8.33. The molecule has 7 heteroatoms. The van der Waals surface area contributed by atoms with Gasteiger partial charge in [-0.25, -0.2) is 9.37 Å². The van der Waals surface area contributed by atoms with Crippen molar-refractivity contribution in [2.45, 2.75) is 13.2 Å². The average Bonchev–Trinajstić information content (AvgIpc) is 3.27. The van der Waals surface area contributed by atoms with E-state index in [1.807, 2.05) is 47.6 Å². The molecule has 1 aliphatic heterocycles. The second kappa shape index (κ2) is 9.38. The van der Waals surface area contributed by atoms with Crippen LogP contribution in [0.4, 0.5) is 10.1 Å². The number of ether oxygens (including phenoxy) is 3. The van der Waals surface area contributed by atoms with Crippen molar-refractivity contribution in [2.75, 3.05) is 25.8 Å². The van der Waals surface area contributed by atoms with Crippen LogP contribution in [0.2, 0.25) is 0 Å². The number of anilines is 1. The Balaban J connectivity index is 1.37. The van der Waals surface area contributed by atoms with Crippen LogP contribution in [0, 0.1) is 5.82 Å². The molecule has 0 amide bonds. The molecule has 160 valence electrons. The summed E-state index contributed by atoms with van der Waals surface area (Å²) < 4.78 is 30.0. The number of benzene rings is 2. The largest absolute Gasteiger partial charge is 0.493 e. The van der Waals surface area contributed by atoms with E-state index in [1.165, 1.54) is 12.1 Å². The zero-order chi connectivity index (χ0) is 21.6. The molecular weight excluding hydrogens is 397 g/mol. The Hall–Kier alpha value is -3.74. The fourth-order valence-electron chi connectivity index (χ4n) is 3.33. The van der Waals surface area contributed by atoms with E-state index in [0.29, 0.717) is 37.2 Å². The molecule has 2 heterocycles. The molecule has 0 radical (unpaired) electrons. The summed E-state index contributed by atoms with van der Waals surface area (Å²) in [5, 5.41) is 0. The number of nitrogens with zero attached hydrogens (tertiary/aromatic N) is 3. The van der Waals surface area contributed by atoms with Crippen molar-refractivity contribution >= 4 is 5.69 Å². The fourth-order valence-corrected chi connectivity index (χ4v) is 3.33. The Morgan fingerprint density at radius 2 is 1.81 bits per heavy atom. The Morgan fingerprint density at radius 1 is 0.935 bits per heavy atom. The van der Waals surface area contributed by atoms with Gasteiger partial charge in [0.2, 0.25) is 5.88 Å². The number of methoxy groups -OCH3 is 2. The van der Waals surface area contributed by atoms with Crippen LogP contribution in [0.25, 0.3) is 0 Å². The second-order valence-corrected chi connectivity index (χ2v) is 7.12. The SMILES string of the molecule is COc1ccc(COc2ccc(CN3C=CN(c4cccc(F)c4)C3)cc2OC)cn1. The minimum atomic E-state index is -0.241. The number of pyridine rings is 1. The van der Waals surface area contributed by atoms with Crippen LogP contribution in [0.3, 0.4) is 0 Å². The number of halogens is 1. The Kier molecular flexibility index (Phi) is 6.21. The monoisotopic (exact) mass is 421 g/mol. The van der Waals surface area contributed by atoms with Gasteiger partial charge >= 0.3 is 0 Å². The molecule has 0 saturated carbocycles. The molecule has 0 N–H and O–H groups in total. The van der Waals surface area contributed by atoms with Crippen molar-refractivity contribution in [3.8, 4) is 17.4 Å². The fraction of sp³-hybridized carbons (Fsp3) is 0.208. The normalized spacial score (nSPS) is 12.9. The molecule has 0 fully saturated rings. The molecule has 4 rings (SSSR count). The van der Waals surface area contributed by atoms with E-state index in [9.17, 15) is 4.39 Å². The first-order valence-corrected chi connectivity index (χ1v) is 9.88. The zero-order valence-corrected chi connectivity index (χ0v) is 17.5. The predicted molar refractivity (Wildman–Crippen MR) is 117 cm³/mol. The van der Waals surface area contributed by atoms with Crippen molar-refractivity contribution in [1.29, 1.82) is 0 Å². The number of rotatable bonds is 8. The maximum absolute atomic E-state index is 13.5. The van der Waals surface area contributed by atoms with Crippen molar-refractivity contribution in [3.05, 3.63) is 90.1 Å². The lowest BCUT2D eigenvalue weighted by atomic mass is 10.2. The lowest BCUT2D eigenvalue weighted by Gasteiger charge is -2.22. The molecule has 0 saturated heterocycles. The van der Waals surface area contributed by atoms with Gasteiger partial charge in [0.25, 0.3) is 0 Å². The highest BCUT2D eigenvalue weighted by molar-refractivity contribution is 5.50. The van der Waals surface area contributed by atoms with Gasteiger partial charge in [-0.15, -0.1) is 0 Å². The van der Waals surface area contributed by atoms with Gasteiger partial charge in [0.1, 0.15) is 12.4 Å². The van der Waals surface area contributed by atoms with E-state index in [2.05, 4.69) is 9.88 Å². The molecule has 6 nitrogen and oxygen atoms in total. The maximum atomic E-state index is 13.5. The highest BCUT2D eigenvalue weighted by Gasteiger charge is 2.16. The van der Waals surface area contributed by atoms with Gasteiger partial charge in [0.05, 0.1) is 20.9 Å². The van der Waals surface area contributed by atoms with Gasteiger partial charge in [-0.05, 0) is 42.0 Å². The molecule has 0 aliphatic carbocycles. The van der Waals surface area contributed by atoms with E-state index >= 15 is 0 Å². The van der Waals surface area contributed by atoms with Crippen molar-refractivity contribution in [1.82, 2.24) is 9.88 Å². The lowest BCUT2D eigenvalue weighted by Crippen LogP contribution is -2.24. The summed E-state index contributed by atoms with van der Waals surface area (Å²) in [6.07, 6.45) is 5.68. The molecule has 2 aromatic carbocycles. The summed E-state index contributed by atoms with van der Waals surface area (Å²) in [5.74, 6) is 1.66. The van der Waals surface area contributed by atoms with Gasteiger partial charge in [-0.2, -0.15) is 0 Å². The molecule has 0 bridgehead atoms. The number of aromatic nitrogens is 1. The summed E-state index contributed by atoms with van der Waals surface area (Å²) in [6.45, 7) is 1.72. The summed E-state index contributed by atoms with van der Waals surface area (Å²) in [6, 6.07) is 16.2. The van der Waals surface area contributed by atoms with E-state index in [0.717, 1.165) is 16.8 Å². The summed E-state index contributed by atoms with van der Waals surface area (Å²) in [5.41, 5.74) is 2.85. The Labute approximate surface area is 181 Å². The maximum Gasteiger partial charge on any atom is 0.212 e. The van der Waals surface area contributed by atoms with Crippen LogP contribution in [0.1, 0.15) is 11.1 Å². The van der Waals surface area contributed by atoms with Crippen LogP contribution < -0.4 is 19.1 Å². The van der Waals surface area contributed by atoms with Gasteiger partial charge in [0, 0.05) is 42.5 Å². The molecule has 0 atom stereocenters. The highest BCUT2D eigenvalue weighted by atomic mass is 19.1. The van der Waals surface area contributed by atoms with Gasteiger partial charge in [0.15, 0.2) is 11.5 Å². The predicted octanol–water partition coefficient (Wildman–Crippen LogP) is 4.57. The van der Waals surface area contributed by atoms with Gasteiger partial charge in [-0.3, -0.25) is 0 Å². The van der Waals surface area contributed by atoms with E-state index in [-0.39, 0.29) is 5.82 Å². The van der Waals surface area contributed by atoms with Crippen molar-refractivity contribution < 1.29 is 18.6 Å². The van der Waals surface area contributed by atoms with Crippen LogP contribution in [-0.4, -0.2) is 30.8 Å². The quantitative estimate of drug-likeness (QED) is 0.531. The van der Waals surface area contributed by atoms with Crippen LogP contribution in [0.15, 0.2) is 73.2 Å². The summed E-state index contributed by atoms with van der Waals surface area (Å²) in [7, 11) is 3.21. The van der Waals surface area contributed by atoms with Crippen LogP contribution in [0.5, 0.6) is 17.4 Å². The minimum absolute atomic E-state index is 0.241. The van der Waals surface area contributed by atoms with Gasteiger partial charge < -0.3 is 24.0 Å². The first-order chi connectivity index (χ1) is 15.1. The molecular formula is C24H24FN3O3. The zero-order valence-electron chi connectivity index (χ0n) is 17.5. The van der Waals surface area contributed by atoms with Crippen LogP contribution in [-0.2, 0) is 13.2 Å². The van der Waals surface area contributed by atoms with E-state index in [1.54, 1.807) is 32.5 Å². The molecule has 1 aromatic heterocycles. The molecule has 0 spiro atoms. The third-order valence-corrected chi connectivity index (χ3v) is 4.95. The van der Waals surface area contributed by atoms with Gasteiger partial charge in [-0.1, -0.05) is 12.1 Å². The topological polar surface area (TPSA) is 47.1 Å². The Bertz CT molecular complexity index is 1060. The third kappa shape index (κ3) is 5.06. The lowest BCUT2D eigenvalue weighted by molar-refractivity contribution is 0.283. The molecule has 1 aliphatic rings. The standard InChI is InChI=1S/C24H24FN3O3/c1-29-23-12-18(6-8-22(23)31-16-19-7-9-24(30-2)26-14-19)15-27-10-11-28(17-27)21-5-3-4-20(25)13-21/h3-14H,15-17H2,1-2H3. The average molecular weight is 421 g/mol. The minimum Gasteiger partial charge on any atom is -0.493 e. The van der Waals surface area contributed by atoms with E-state index < -0.39 is 0 Å². The van der Waals surface area contributed by atoms with Crippen molar-refractivity contribution in [2.24, 2.45) is 0 Å². The first-order valence-electron chi connectivity index (χ1n) is 9.88. The smallest absolute Gasteiger partial charge is 0.212 e. The summed E-state index contributed by atoms with van der Waals surface area (Å²) >= 11 is 0. The third-order valence-electron chi connectivity index (χ3n) is 4.95.